The predicted octanol–water partition coefficient (Wildman–Crippen LogP) is 3.43. The Morgan fingerprint density at radius 1 is 1.00 bits per heavy atom. The summed E-state index contributed by atoms with van der Waals surface area (Å²) < 4.78 is 5.59. The fourth-order valence-electron chi connectivity index (χ4n) is 4.25. The maximum absolute atomic E-state index is 12.6. The van der Waals surface area contributed by atoms with Gasteiger partial charge in [-0.05, 0) is 28.7 Å². The third-order valence-corrected chi connectivity index (χ3v) is 6.03. The Labute approximate surface area is 199 Å². The molecule has 4 N–H and O–H groups in total. The van der Waals surface area contributed by atoms with Crippen LogP contribution in [0, 0.1) is 0 Å². The number of amides is 2. The summed E-state index contributed by atoms with van der Waals surface area (Å²) in [5.41, 5.74) is 4.55. The highest BCUT2D eigenvalue weighted by atomic mass is 16.5. The van der Waals surface area contributed by atoms with Crippen LogP contribution in [0.1, 0.15) is 56.1 Å². The molecule has 2 aromatic rings. The van der Waals surface area contributed by atoms with Gasteiger partial charge in [0, 0.05) is 31.3 Å². The summed E-state index contributed by atoms with van der Waals surface area (Å²) in [5.74, 6) is -1.69. The Hall–Kier alpha value is -3.39. The van der Waals surface area contributed by atoms with Crippen LogP contribution in [0.15, 0.2) is 48.5 Å². The van der Waals surface area contributed by atoms with Crippen LogP contribution in [0.25, 0.3) is 11.1 Å². The van der Waals surface area contributed by atoms with Crippen molar-refractivity contribution in [3.8, 4) is 11.1 Å². The summed E-state index contributed by atoms with van der Waals surface area (Å²) >= 11 is 0. The summed E-state index contributed by atoms with van der Waals surface area (Å²) in [6, 6.07) is 15.8. The van der Waals surface area contributed by atoms with E-state index in [-0.39, 0.29) is 37.8 Å². The van der Waals surface area contributed by atoms with Gasteiger partial charge >= 0.3 is 12.1 Å². The Bertz CT molecular complexity index is 963. The molecule has 0 bridgehead atoms. The molecule has 0 radical (unpaired) electrons. The molecule has 0 saturated heterocycles. The van der Waals surface area contributed by atoms with Crippen LogP contribution >= 0.6 is 0 Å². The number of unbranched alkanes of at least 4 members (excludes halogenated alkanes) is 1. The average Bonchev–Trinajstić information content (AvgIpc) is 3.14. The molecule has 2 aromatic carbocycles. The number of hydrogen-bond donors (Lipinski definition) is 4. The van der Waals surface area contributed by atoms with Gasteiger partial charge in [0.2, 0.25) is 5.91 Å². The number of rotatable bonds is 12. The van der Waals surface area contributed by atoms with Crippen molar-refractivity contribution < 1.29 is 29.3 Å². The number of carbonyl (C=O) groups excluding carboxylic acids is 2. The molecule has 8 nitrogen and oxygen atoms in total. The van der Waals surface area contributed by atoms with Crippen molar-refractivity contribution in [2.24, 2.45) is 0 Å². The topological polar surface area (TPSA) is 125 Å². The fourth-order valence-corrected chi connectivity index (χ4v) is 4.25. The molecule has 34 heavy (non-hydrogen) atoms. The van der Waals surface area contributed by atoms with E-state index >= 15 is 0 Å². The summed E-state index contributed by atoms with van der Waals surface area (Å²) in [7, 11) is 0. The second-order valence-corrected chi connectivity index (χ2v) is 8.51. The highest BCUT2D eigenvalue weighted by molar-refractivity contribution is 5.79. The zero-order chi connectivity index (χ0) is 24.5. The molecule has 0 heterocycles. The molecule has 3 rings (SSSR count). The van der Waals surface area contributed by atoms with Crippen molar-refractivity contribution in [1.82, 2.24) is 10.6 Å². The normalized spacial score (nSPS) is 13.9. The van der Waals surface area contributed by atoms with E-state index in [0.717, 1.165) is 35.1 Å². The van der Waals surface area contributed by atoms with Crippen LogP contribution in [0.2, 0.25) is 0 Å². The predicted molar refractivity (Wildman–Crippen MR) is 127 cm³/mol. The van der Waals surface area contributed by atoms with Crippen LogP contribution in [-0.4, -0.2) is 53.5 Å². The van der Waals surface area contributed by atoms with Gasteiger partial charge in [0.25, 0.3) is 0 Å². The third-order valence-electron chi connectivity index (χ3n) is 6.03. The lowest BCUT2D eigenvalue weighted by Crippen LogP contribution is -2.40. The number of fused-ring (bicyclic) bond motifs is 3. The maximum atomic E-state index is 12.6. The minimum Gasteiger partial charge on any atom is -0.479 e. The molecular weight excluding hydrogens is 436 g/mol. The fraction of sp³-hybridized carbons (Fsp3) is 0.423. The number of carboxylic acids is 1. The number of carboxylic acid groups (broad SMARTS) is 1. The quantitative estimate of drug-likeness (QED) is 0.378. The van der Waals surface area contributed by atoms with E-state index in [2.05, 4.69) is 34.9 Å². The molecule has 0 unspecified atom stereocenters. The Morgan fingerprint density at radius 3 is 2.21 bits per heavy atom. The van der Waals surface area contributed by atoms with E-state index in [1.54, 1.807) is 0 Å². The van der Waals surface area contributed by atoms with Gasteiger partial charge in [-0.3, -0.25) is 4.79 Å². The lowest BCUT2D eigenvalue weighted by Gasteiger charge is -2.20. The first kappa shape index (κ1) is 25.2. The van der Waals surface area contributed by atoms with Crippen LogP contribution < -0.4 is 10.6 Å². The first-order valence-corrected chi connectivity index (χ1v) is 11.7. The summed E-state index contributed by atoms with van der Waals surface area (Å²) in [4.78, 5) is 35.5. The lowest BCUT2D eigenvalue weighted by molar-refractivity contribution is -0.147. The molecule has 1 aliphatic carbocycles. The standard InChI is InChI=1S/C26H32N2O6/c1-2-3-8-17(15-24(30)27-14-13-23(29)25(31)32)28-26(33)34-16-22-20-11-6-4-9-18(20)19-10-5-7-12-21(19)22/h4-7,9-12,17,22-23,29H,2-3,8,13-16H2,1H3,(H,27,30)(H,28,33)(H,31,32)/t17-,23-/m0/s1. The minimum atomic E-state index is -1.52. The summed E-state index contributed by atoms with van der Waals surface area (Å²) in [6.07, 6.45) is 0.237. The van der Waals surface area contributed by atoms with Crippen LogP contribution in [-0.2, 0) is 14.3 Å². The molecule has 1 aliphatic rings. The number of aliphatic hydroxyl groups is 1. The van der Waals surface area contributed by atoms with Gasteiger partial charge < -0.3 is 25.6 Å². The minimum absolute atomic E-state index is 0.0394. The Kier molecular flexibility index (Phi) is 9.04. The lowest BCUT2D eigenvalue weighted by atomic mass is 9.98. The molecule has 0 aliphatic heterocycles. The second-order valence-electron chi connectivity index (χ2n) is 8.51. The van der Waals surface area contributed by atoms with Crippen molar-refractivity contribution in [2.75, 3.05) is 13.2 Å². The molecule has 0 fully saturated rings. The summed E-state index contributed by atoms with van der Waals surface area (Å²) in [5, 5.41) is 23.4. The number of aliphatic hydroxyl groups excluding tert-OH is 1. The number of alkyl carbamates (subject to hydrolysis) is 1. The van der Waals surface area contributed by atoms with Gasteiger partial charge in [-0.15, -0.1) is 0 Å². The molecule has 0 saturated carbocycles. The molecule has 2 atom stereocenters. The van der Waals surface area contributed by atoms with Gasteiger partial charge in [-0.2, -0.15) is 0 Å². The van der Waals surface area contributed by atoms with Crippen molar-refractivity contribution in [2.45, 2.75) is 57.1 Å². The summed E-state index contributed by atoms with van der Waals surface area (Å²) in [6.45, 7) is 2.26. The van der Waals surface area contributed by atoms with Gasteiger partial charge in [-0.25, -0.2) is 9.59 Å². The van der Waals surface area contributed by atoms with Crippen molar-refractivity contribution in [3.63, 3.8) is 0 Å². The Morgan fingerprint density at radius 2 is 1.62 bits per heavy atom. The molecule has 0 aromatic heterocycles. The van der Waals surface area contributed by atoms with E-state index in [1.807, 2.05) is 31.2 Å². The van der Waals surface area contributed by atoms with Crippen molar-refractivity contribution in [3.05, 3.63) is 59.7 Å². The molecule has 8 heteroatoms. The van der Waals surface area contributed by atoms with Gasteiger partial charge in [0.1, 0.15) is 6.61 Å². The van der Waals surface area contributed by atoms with E-state index in [4.69, 9.17) is 9.84 Å². The monoisotopic (exact) mass is 468 g/mol. The molecular formula is C26H32N2O6. The highest BCUT2D eigenvalue weighted by Crippen LogP contribution is 2.44. The second kappa shape index (κ2) is 12.2. The van der Waals surface area contributed by atoms with Crippen LogP contribution in [0.5, 0.6) is 0 Å². The van der Waals surface area contributed by atoms with Crippen LogP contribution in [0.4, 0.5) is 4.79 Å². The number of benzene rings is 2. The van der Waals surface area contributed by atoms with E-state index in [0.29, 0.717) is 6.42 Å². The number of ether oxygens (including phenoxy) is 1. The number of aliphatic carboxylic acids is 1. The average molecular weight is 469 g/mol. The molecule has 0 spiro atoms. The van der Waals surface area contributed by atoms with Gasteiger partial charge in [0.15, 0.2) is 6.10 Å². The first-order valence-electron chi connectivity index (χ1n) is 11.7. The first-order chi connectivity index (χ1) is 16.4. The van der Waals surface area contributed by atoms with Gasteiger partial charge in [-0.1, -0.05) is 68.3 Å². The maximum Gasteiger partial charge on any atom is 0.407 e. The Balaban J connectivity index is 1.54. The SMILES string of the molecule is CCCC[C@@H](CC(=O)NCC[C@H](O)C(=O)O)NC(=O)OCC1c2ccccc2-c2ccccc21. The smallest absolute Gasteiger partial charge is 0.407 e. The van der Waals surface area contributed by atoms with E-state index in [1.165, 1.54) is 0 Å². The van der Waals surface area contributed by atoms with Gasteiger partial charge in [0.05, 0.1) is 0 Å². The zero-order valence-corrected chi connectivity index (χ0v) is 19.3. The van der Waals surface area contributed by atoms with Crippen molar-refractivity contribution in [1.29, 1.82) is 0 Å². The van der Waals surface area contributed by atoms with E-state index < -0.39 is 24.2 Å². The highest BCUT2D eigenvalue weighted by Gasteiger charge is 2.29. The van der Waals surface area contributed by atoms with Crippen LogP contribution in [0.3, 0.4) is 0 Å². The zero-order valence-electron chi connectivity index (χ0n) is 19.3. The number of hydrogen-bond acceptors (Lipinski definition) is 5. The third kappa shape index (κ3) is 6.57. The molecule has 2 amide bonds. The van der Waals surface area contributed by atoms with E-state index in [9.17, 15) is 19.5 Å². The number of carbonyl (C=O) groups is 3. The molecule has 182 valence electrons. The number of nitrogens with one attached hydrogen (secondary N) is 2. The largest absolute Gasteiger partial charge is 0.479 e. The van der Waals surface area contributed by atoms with Crippen molar-refractivity contribution >= 4 is 18.0 Å².